The lowest BCUT2D eigenvalue weighted by molar-refractivity contribution is 0.886. The molecule has 0 saturated carbocycles. The van der Waals surface area contributed by atoms with E-state index in [1.165, 1.54) is 47.9 Å². The van der Waals surface area contributed by atoms with Crippen LogP contribution in [0.1, 0.15) is 70.6 Å². The Morgan fingerprint density at radius 3 is 2.26 bits per heavy atom. The van der Waals surface area contributed by atoms with Crippen molar-refractivity contribution >= 4 is 0 Å². The van der Waals surface area contributed by atoms with Crippen LogP contribution in [0.4, 0.5) is 0 Å². The fourth-order valence-electron chi connectivity index (χ4n) is 2.12. The largest absolute Gasteiger partial charge is 0.0877 e. The van der Waals surface area contributed by atoms with E-state index < -0.39 is 0 Å². The molecule has 0 amide bonds. The summed E-state index contributed by atoms with van der Waals surface area (Å²) in [6, 6.07) is 6.86. The molecular formula is C23H36. The number of hydrogen-bond donors (Lipinski definition) is 0. The Bertz CT molecular complexity index is 499. The lowest BCUT2D eigenvalue weighted by Gasteiger charge is -2.06. The van der Waals surface area contributed by atoms with E-state index in [0.29, 0.717) is 0 Å². The quantitative estimate of drug-likeness (QED) is 0.461. The highest BCUT2D eigenvalue weighted by Gasteiger charge is 1.98. The zero-order chi connectivity index (χ0) is 17.5. The molecule has 0 aromatic heterocycles. The number of hydrogen-bond acceptors (Lipinski definition) is 0. The van der Waals surface area contributed by atoms with Crippen LogP contribution in [0.5, 0.6) is 0 Å². The summed E-state index contributed by atoms with van der Waals surface area (Å²) in [6.07, 6.45) is 16.7. The van der Waals surface area contributed by atoms with Gasteiger partial charge in [0, 0.05) is 0 Å². The minimum atomic E-state index is 1.01. The van der Waals surface area contributed by atoms with Crippen LogP contribution in [0.3, 0.4) is 0 Å². The summed E-state index contributed by atoms with van der Waals surface area (Å²) in [6.45, 7) is 13.0. The maximum absolute atomic E-state index is 2.32. The number of benzene rings is 1. The molecule has 0 aliphatic carbocycles. The Kier molecular flexibility index (Phi) is 13.1. The van der Waals surface area contributed by atoms with Crippen molar-refractivity contribution in [3.05, 3.63) is 70.8 Å². The zero-order valence-electron chi connectivity index (χ0n) is 16.2. The number of rotatable bonds is 7. The molecule has 0 bridgehead atoms. The molecule has 0 radical (unpaired) electrons. The molecule has 0 aliphatic rings. The molecule has 0 fully saturated rings. The van der Waals surface area contributed by atoms with Crippen LogP contribution in [0.15, 0.2) is 54.2 Å². The Hall–Kier alpha value is -1.56. The second-order valence-corrected chi connectivity index (χ2v) is 6.05. The Labute approximate surface area is 145 Å². The van der Waals surface area contributed by atoms with Crippen molar-refractivity contribution in [2.75, 3.05) is 0 Å². The van der Waals surface area contributed by atoms with Crippen LogP contribution in [0.2, 0.25) is 0 Å². The van der Waals surface area contributed by atoms with Gasteiger partial charge in [-0.2, -0.15) is 0 Å². The molecule has 0 aliphatic heterocycles. The average Bonchev–Trinajstić information content (AvgIpc) is 2.55. The maximum atomic E-state index is 2.32. The maximum Gasteiger partial charge on any atom is -0.00941 e. The summed E-state index contributed by atoms with van der Waals surface area (Å²) in [5.41, 5.74) is 5.60. The lowest BCUT2D eigenvalue weighted by Crippen LogP contribution is -1.91. The van der Waals surface area contributed by atoms with E-state index in [2.05, 4.69) is 77.1 Å². The van der Waals surface area contributed by atoms with Crippen LogP contribution in [-0.2, 0) is 12.8 Å². The van der Waals surface area contributed by atoms with Crippen LogP contribution < -0.4 is 0 Å². The van der Waals surface area contributed by atoms with Gasteiger partial charge < -0.3 is 0 Å². The molecule has 0 spiro atoms. The third kappa shape index (κ3) is 10.7. The average molecular weight is 313 g/mol. The Morgan fingerprint density at radius 1 is 1.04 bits per heavy atom. The van der Waals surface area contributed by atoms with Crippen LogP contribution in [0.25, 0.3) is 0 Å². The highest BCUT2D eigenvalue weighted by atomic mass is 14.0. The minimum Gasteiger partial charge on any atom is -0.0877 e. The minimum absolute atomic E-state index is 1.01. The zero-order valence-corrected chi connectivity index (χ0v) is 16.2. The molecule has 0 heteroatoms. The molecule has 1 aromatic carbocycles. The second-order valence-electron chi connectivity index (χ2n) is 6.05. The van der Waals surface area contributed by atoms with E-state index in [4.69, 9.17) is 0 Å². The van der Waals surface area contributed by atoms with Gasteiger partial charge in [0.1, 0.15) is 0 Å². The number of unbranched alkanes of at least 4 members (excludes halogenated alkanes) is 1. The van der Waals surface area contributed by atoms with Crippen LogP contribution in [0, 0.1) is 6.92 Å². The van der Waals surface area contributed by atoms with E-state index in [-0.39, 0.29) is 0 Å². The monoisotopic (exact) mass is 312 g/mol. The fourth-order valence-corrected chi connectivity index (χ4v) is 2.12. The summed E-state index contributed by atoms with van der Waals surface area (Å²) in [5.74, 6) is 0. The van der Waals surface area contributed by atoms with Gasteiger partial charge in [0.25, 0.3) is 0 Å². The fraction of sp³-hybridized carbons (Fsp3) is 0.478. The van der Waals surface area contributed by atoms with Gasteiger partial charge in [0.15, 0.2) is 0 Å². The van der Waals surface area contributed by atoms with Crippen molar-refractivity contribution in [3.63, 3.8) is 0 Å². The molecule has 0 N–H and O–H groups in total. The molecule has 23 heavy (non-hydrogen) atoms. The van der Waals surface area contributed by atoms with Gasteiger partial charge in [-0.25, -0.2) is 0 Å². The van der Waals surface area contributed by atoms with Gasteiger partial charge in [0.05, 0.1) is 0 Å². The highest BCUT2D eigenvalue weighted by molar-refractivity contribution is 5.33. The smallest absolute Gasteiger partial charge is 0.00941 e. The predicted octanol–water partition coefficient (Wildman–Crippen LogP) is 7.38. The molecule has 0 nitrogen and oxygen atoms in total. The molecular weight excluding hydrogens is 276 g/mol. The van der Waals surface area contributed by atoms with Crippen molar-refractivity contribution in [2.24, 2.45) is 0 Å². The van der Waals surface area contributed by atoms with Gasteiger partial charge in [-0.1, -0.05) is 94.2 Å². The first-order valence-corrected chi connectivity index (χ1v) is 9.13. The Balaban J connectivity index is 0.00000108. The third-order valence-electron chi connectivity index (χ3n) is 3.71. The Morgan fingerprint density at radius 2 is 1.74 bits per heavy atom. The van der Waals surface area contributed by atoms with Crippen molar-refractivity contribution in [1.29, 1.82) is 0 Å². The highest BCUT2D eigenvalue weighted by Crippen LogP contribution is 2.14. The van der Waals surface area contributed by atoms with Crippen LogP contribution in [-0.4, -0.2) is 0 Å². The summed E-state index contributed by atoms with van der Waals surface area (Å²) in [5, 5.41) is 0. The van der Waals surface area contributed by atoms with E-state index in [9.17, 15) is 0 Å². The summed E-state index contributed by atoms with van der Waals surface area (Å²) in [4.78, 5) is 0. The first-order chi connectivity index (χ1) is 11.1. The van der Waals surface area contributed by atoms with Gasteiger partial charge in [-0.15, -0.1) is 0 Å². The second kappa shape index (κ2) is 14.1. The first kappa shape index (κ1) is 21.4. The summed E-state index contributed by atoms with van der Waals surface area (Å²) < 4.78 is 0. The molecule has 0 heterocycles. The van der Waals surface area contributed by atoms with Crippen molar-refractivity contribution < 1.29 is 0 Å². The predicted molar refractivity (Wildman–Crippen MR) is 107 cm³/mol. The number of allylic oxidation sites excluding steroid dienone is 6. The normalized spacial score (nSPS) is 11.8. The van der Waals surface area contributed by atoms with E-state index >= 15 is 0 Å². The molecule has 1 aromatic rings. The van der Waals surface area contributed by atoms with Crippen LogP contribution >= 0.6 is 0 Å². The molecule has 128 valence electrons. The summed E-state index contributed by atoms with van der Waals surface area (Å²) in [7, 11) is 0. The summed E-state index contributed by atoms with van der Waals surface area (Å²) >= 11 is 0. The molecule has 0 atom stereocenters. The molecule has 0 saturated heterocycles. The van der Waals surface area contributed by atoms with Gasteiger partial charge in [-0.3, -0.25) is 0 Å². The number of aryl methyl sites for hydroxylation is 2. The van der Waals surface area contributed by atoms with Crippen molar-refractivity contribution in [2.45, 2.75) is 73.6 Å². The van der Waals surface area contributed by atoms with Crippen molar-refractivity contribution in [1.82, 2.24) is 0 Å². The van der Waals surface area contributed by atoms with E-state index in [1.54, 1.807) is 0 Å². The third-order valence-corrected chi connectivity index (χ3v) is 3.71. The van der Waals surface area contributed by atoms with Gasteiger partial charge >= 0.3 is 0 Å². The van der Waals surface area contributed by atoms with E-state index in [1.807, 2.05) is 13.0 Å². The SMILES string of the molecule is CCCC.C\C=C/C=C(C)\C=C\Cc1ccc(CCC)c(C)c1. The van der Waals surface area contributed by atoms with Gasteiger partial charge in [0.2, 0.25) is 0 Å². The topological polar surface area (TPSA) is 0 Å². The standard InChI is InChI=1S/C19H26.C4H10/c1-5-7-10-16(3)11-8-12-18-13-14-19(9-6-2)17(4)15-18;1-3-4-2/h5,7-8,10-11,13-15H,6,9,12H2,1-4H3;3-4H2,1-2H3/b7-5-,11-8+,16-10-;. The van der Waals surface area contributed by atoms with Gasteiger partial charge in [-0.05, 0) is 50.3 Å². The van der Waals surface area contributed by atoms with E-state index in [0.717, 1.165) is 6.42 Å². The molecule has 0 unspecified atom stereocenters. The molecule has 1 rings (SSSR count). The lowest BCUT2D eigenvalue weighted by atomic mass is 10.00. The first-order valence-electron chi connectivity index (χ1n) is 9.13. The van der Waals surface area contributed by atoms with Crippen molar-refractivity contribution in [3.8, 4) is 0 Å².